The van der Waals surface area contributed by atoms with Gasteiger partial charge in [-0.15, -0.1) is 0 Å². The SMILES string of the molecule is Cc1cc(C)cc(Nc2nc(Nc3ccc(OC4CCCCC4)cc3)ncc2C)c1. The highest BCUT2D eigenvalue weighted by atomic mass is 16.5. The number of hydrogen-bond acceptors (Lipinski definition) is 5. The summed E-state index contributed by atoms with van der Waals surface area (Å²) in [7, 11) is 0. The molecule has 1 aliphatic carbocycles. The van der Waals surface area contributed by atoms with Gasteiger partial charge in [0.15, 0.2) is 0 Å². The summed E-state index contributed by atoms with van der Waals surface area (Å²) in [6.45, 7) is 6.20. The zero-order valence-corrected chi connectivity index (χ0v) is 18.0. The van der Waals surface area contributed by atoms with Crippen molar-refractivity contribution in [3.05, 3.63) is 65.4 Å². The van der Waals surface area contributed by atoms with Gasteiger partial charge >= 0.3 is 0 Å². The molecular weight excluding hydrogens is 372 g/mol. The molecule has 0 saturated heterocycles. The van der Waals surface area contributed by atoms with Crippen molar-refractivity contribution in [2.24, 2.45) is 0 Å². The highest BCUT2D eigenvalue weighted by Gasteiger charge is 2.14. The monoisotopic (exact) mass is 402 g/mol. The van der Waals surface area contributed by atoms with Crippen LogP contribution in [-0.4, -0.2) is 16.1 Å². The Bertz CT molecular complexity index is 974. The van der Waals surface area contributed by atoms with Gasteiger partial charge in [-0.25, -0.2) is 4.98 Å². The Morgan fingerprint density at radius 3 is 2.23 bits per heavy atom. The predicted molar refractivity (Wildman–Crippen MR) is 123 cm³/mol. The summed E-state index contributed by atoms with van der Waals surface area (Å²) >= 11 is 0. The molecule has 0 radical (unpaired) electrons. The van der Waals surface area contributed by atoms with E-state index in [4.69, 9.17) is 4.74 Å². The van der Waals surface area contributed by atoms with Crippen LogP contribution in [0.5, 0.6) is 5.75 Å². The average Bonchev–Trinajstić information content (AvgIpc) is 2.72. The summed E-state index contributed by atoms with van der Waals surface area (Å²) in [5.74, 6) is 2.29. The second-order valence-corrected chi connectivity index (χ2v) is 8.25. The molecule has 1 fully saturated rings. The third-order valence-corrected chi connectivity index (χ3v) is 5.42. The molecule has 0 bridgehead atoms. The first-order valence-corrected chi connectivity index (χ1v) is 10.8. The zero-order chi connectivity index (χ0) is 20.9. The fourth-order valence-electron chi connectivity index (χ4n) is 3.93. The molecule has 5 nitrogen and oxygen atoms in total. The standard InChI is InChI=1S/C25H30N4O/c1-17-13-18(2)15-21(14-17)27-24-19(3)16-26-25(29-24)28-20-9-11-23(12-10-20)30-22-7-5-4-6-8-22/h9-16,22H,4-8H2,1-3H3,(H2,26,27,28,29). The third kappa shape index (κ3) is 5.29. The van der Waals surface area contributed by atoms with Gasteiger partial charge in [-0.05, 0) is 94.0 Å². The third-order valence-electron chi connectivity index (χ3n) is 5.42. The lowest BCUT2D eigenvalue weighted by Crippen LogP contribution is -2.19. The molecule has 1 saturated carbocycles. The van der Waals surface area contributed by atoms with Crippen LogP contribution in [0.4, 0.5) is 23.1 Å². The number of nitrogens with one attached hydrogen (secondary N) is 2. The number of benzene rings is 2. The quantitative estimate of drug-likeness (QED) is 0.486. The first-order chi connectivity index (χ1) is 14.5. The van der Waals surface area contributed by atoms with Crippen LogP contribution in [0, 0.1) is 20.8 Å². The van der Waals surface area contributed by atoms with Crippen molar-refractivity contribution < 1.29 is 4.74 Å². The Morgan fingerprint density at radius 1 is 0.833 bits per heavy atom. The molecule has 0 atom stereocenters. The van der Waals surface area contributed by atoms with Gasteiger partial charge in [0, 0.05) is 23.1 Å². The zero-order valence-electron chi connectivity index (χ0n) is 18.0. The van der Waals surface area contributed by atoms with Gasteiger partial charge in [-0.3, -0.25) is 0 Å². The summed E-state index contributed by atoms with van der Waals surface area (Å²) < 4.78 is 6.11. The molecule has 1 aromatic heterocycles. The van der Waals surface area contributed by atoms with Gasteiger partial charge in [-0.2, -0.15) is 4.98 Å². The van der Waals surface area contributed by atoms with E-state index in [1.54, 1.807) is 0 Å². The molecule has 4 rings (SSSR count). The minimum absolute atomic E-state index is 0.358. The van der Waals surface area contributed by atoms with E-state index >= 15 is 0 Å². The van der Waals surface area contributed by atoms with E-state index in [0.29, 0.717) is 12.1 Å². The maximum Gasteiger partial charge on any atom is 0.229 e. The van der Waals surface area contributed by atoms with Crippen LogP contribution < -0.4 is 15.4 Å². The molecule has 0 amide bonds. The van der Waals surface area contributed by atoms with Crippen molar-refractivity contribution in [3.8, 4) is 5.75 Å². The van der Waals surface area contributed by atoms with Crippen molar-refractivity contribution in [1.82, 2.24) is 9.97 Å². The minimum atomic E-state index is 0.358. The van der Waals surface area contributed by atoms with E-state index in [2.05, 4.69) is 52.6 Å². The number of aromatic nitrogens is 2. The van der Waals surface area contributed by atoms with E-state index in [-0.39, 0.29) is 0 Å². The fourth-order valence-corrected chi connectivity index (χ4v) is 3.93. The van der Waals surface area contributed by atoms with Crippen molar-refractivity contribution in [2.45, 2.75) is 59.0 Å². The van der Waals surface area contributed by atoms with E-state index < -0.39 is 0 Å². The molecule has 0 unspecified atom stereocenters. The fraction of sp³-hybridized carbons (Fsp3) is 0.360. The molecule has 0 spiro atoms. The van der Waals surface area contributed by atoms with Crippen molar-refractivity contribution >= 4 is 23.1 Å². The van der Waals surface area contributed by atoms with Gasteiger partial charge in [0.1, 0.15) is 11.6 Å². The highest BCUT2D eigenvalue weighted by molar-refractivity contribution is 5.63. The van der Waals surface area contributed by atoms with Crippen LogP contribution in [0.2, 0.25) is 0 Å². The van der Waals surface area contributed by atoms with Crippen LogP contribution >= 0.6 is 0 Å². The maximum atomic E-state index is 6.11. The average molecular weight is 403 g/mol. The summed E-state index contributed by atoms with van der Waals surface area (Å²) in [4.78, 5) is 9.11. The molecular formula is C25H30N4O. The topological polar surface area (TPSA) is 59.1 Å². The minimum Gasteiger partial charge on any atom is -0.490 e. The largest absolute Gasteiger partial charge is 0.490 e. The highest BCUT2D eigenvalue weighted by Crippen LogP contribution is 2.26. The lowest BCUT2D eigenvalue weighted by Gasteiger charge is -2.23. The molecule has 1 heterocycles. The smallest absolute Gasteiger partial charge is 0.229 e. The lowest BCUT2D eigenvalue weighted by molar-refractivity contribution is 0.155. The number of rotatable bonds is 6. The summed E-state index contributed by atoms with van der Waals surface area (Å²) in [5, 5.41) is 6.72. The Balaban J connectivity index is 1.43. The molecule has 2 N–H and O–H groups in total. The predicted octanol–water partition coefficient (Wildman–Crippen LogP) is 6.60. The normalized spacial score (nSPS) is 14.4. The van der Waals surface area contributed by atoms with Gasteiger partial charge in [0.2, 0.25) is 5.95 Å². The first-order valence-electron chi connectivity index (χ1n) is 10.8. The Labute approximate surface area is 178 Å². The van der Waals surface area contributed by atoms with Crippen LogP contribution in [0.1, 0.15) is 48.8 Å². The molecule has 156 valence electrons. The molecule has 2 aromatic carbocycles. The Kier molecular flexibility index (Phi) is 6.17. The van der Waals surface area contributed by atoms with Crippen LogP contribution in [0.25, 0.3) is 0 Å². The Morgan fingerprint density at radius 2 is 1.53 bits per heavy atom. The van der Waals surface area contributed by atoms with Crippen molar-refractivity contribution in [2.75, 3.05) is 10.6 Å². The van der Waals surface area contributed by atoms with Gasteiger partial charge in [0.05, 0.1) is 6.10 Å². The van der Waals surface area contributed by atoms with Gasteiger partial charge in [-0.1, -0.05) is 12.5 Å². The van der Waals surface area contributed by atoms with Crippen molar-refractivity contribution in [3.63, 3.8) is 0 Å². The summed E-state index contributed by atoms with van der Waals surface area (Å²) in [5.41, 5.74) is 5.41. The molecule has 5 heteroatoms. The van der Waals surface area contributed by atoms with Gasteiger partial charge < -0.3 is 15.4 Å². The lowest BCUT2D eigenvalue weighted by atomic mass is 9.98. The number of aryl methyl sites for hydroxylation is 3. The van der Waals surface area contributed by atoms with E-state index in [1.165, 1.54) is 30.4 Å². The van der Waals surface area contributed by atoms with E-state index in [1.807, 2.05) is 37.4 Å². The Hall–Kier alpha value is -3.08. The van der Waals surface area contributed by atoms with Crippen molar-refractivity contribution in [1.29, 1.82) is 0 Å². The molecule has 0 aliphatic heterocycles. The second kappa shape index (κ2) is 9.16. The summed E-state index contributed by atoms with van der Waals surface area (Å²) in [6, 6.07) is 14.4. The number of hydrogen-bond donors (Lipinski definition) is 2. The van der Waals surface area contributed by atoms with Crippen LogP contribution in [0.15, 0.2) is 48.7 Å². The van der Waals surface area contributed by atoms with E-state index in [0.717, 1.165) is 41.3 Å². The molecule has 3 aromatic rings. The number of nitrogens with zero attached hydrogens (tertiary/aromatic N) is 2. The molecule has 1 aliphatic rings. The maximum absolute atomic E-state index is 6.11. The second-order valence-electron chi connectivity index (χ2n) is 8.25. The van der Waals surface area contributed by atoms with Crippen LogP contribution in [0.3, 0.4) is 0 Å². The number of ether oxygens (including phenoxy) is 1. The van der Waals surface area contributed by atoms with Gasteiger partial charge in [0.25, 0.3) is 0 Å². The summed E-state index contributed by atoms with van der Waals surface area (Å²) in [6.07, 6.45) is 8.39. The molecule has 30 heavy (non-hydrogen) atoms. The number of anilines is 4. The van der Waals surface area contributed by atoms with E-state index in [9.17, 15) is 0 Å². The van der Waals surface area contributed by atoms with Crippen LogP contribution in [-0.2, 0) is 0 Å². The first kappa shape index (κ1) is 20.2.